The number of anilines is 1. The van der Waals surface area contributed by atoms with E-state index in [0.717, 1.165) is 10.2 Å². The standard InChI is InChI=1S/C11H16BrNO/c1-8-4-5-9(6-10(8)12)13-7-11(2,3)14/h4-6,13-14H,7H2,1-3H3. The summed E-state index contributed by atoms with van der Waals surface area (Å²) in [5.74, 6) is 0. The van der Waals surface area contributed by atoms with E-state index < -0.39 is 5.60 Å². The topological polar surface area (TPSA) is 32.3 Å². The zero-order valence-electron chi connectivity index (χ0n) is 8.76. The number of hydrogen-bond acceptors (Lipinski definition) is 2. The minimum absolute atomic E-state index is 0.544. The molecule has 0 saturated carbocycles. The Kier molecular flexibility index (Phi) is 3.56. The van der Waals surface area contributed by atoms with Crippen molar-refractivity contribution < 1.29 is 5.11 Å². The highest BCUT2D eigenvalue weighted by atomic mass is 79.9. The SMILES string of the molecule is Cc1ccc(NCC(C)(C)O)cc1Br. The average molecular weight is 258 g/mol. The van der Waals surface area contributed by atoms with E-state index >= 15 is 0 Å². The van der Waals surface area contributed by atoms with Crippen LogP contribution in [0.25, 0.3) is 0 Å². The van der Waals surface area contributed by atoms with Crippen molar-refractivity contribution in [2.24, 2.45) is 0 Å². The van der Waals surface area contributed by atoms with Crippen molar-refractivity contribution in [3.63, 3.8) is 0 Å². The fourth-order valence-corrected chi connectivity index (χ4v) is 1.40. The first-order valence-corrected chi connectivity index (χ1v) is 5.40. The van der Waals surface area contributed by atoms with Crippen molar-refractivity contribution in [2.75, 3.05) is 11.9 Å². The van der Waals surface area contributed by atoms with Crippen molar-refractivity contribution >= 4 is 21.6 Å². The molecule has 0 saturated heterocycles. The van der Waals surface area contributed by atoms with Gasteiger partial charge in [-0.05, 0) is 38.5 Å². The Bertz CT molecular complexity index is 318. The van der Waals surface area contributed by atoms with Crippen molar-refractivity contribution in [2.45, 2.75) is 26.4 Å². The van der Waals surface area contributed by atoms with E-state index in [1.54, 1.807) is 13.8 Å². The summed E-state index contributed by atoms with van der Waals surface area (Å²) in [6, 6.07) is 6.06. The molecule has 2 N–H and O–H groups in total. The van der Waals surface area contributed by atoms with Crippen LogP contribution >= 0.6 is 15.9 Å². The molecule has 2 nitrogen and oxygen atoms in total. The molecule has 0 atom stereocenters. The van der Waals surface area contributed by atoms with Gasteiger partial charge in [0.25, 0.3) is 0 Å². The summed E-state index contributed by atoms with van der Waals surface area (Å²) < 4.78 is 1.08. The van der Waals surface area contributed by atoms with Gasteiger partial charge in [0.05, 0.1) is 5.60 Å². The third-order valence-corrected chi connectivity index (χ3v) is 2.75. The van der Waals surface area contributed by atoms with E-state index in [-0.39, 0.29) is 0 Å². The Morgan fingerprint density at radius 1 is 1.43 bits per heavy atom. The number of hydrogen-bond donors (Lipinski definition) is 2. The predicted octanol–water partition coefficient (Wildman–Crippen LogP) is 2.94. The first-order valence-electron chi connectivity index (χ1n) is 4.61. The molecule has 78 valence electrons. The molecule has 0 aliphatic carbocycles. The minimum Gasteiger partial charge on any atom is -0.389 e. The van der Waals surface area contributed by atoms with Gasteiger partial charge in [0.1, 0.15) is 0 Å². The summed E-state index contributed by atoms with van der Waals surface area (Å²) in [5.41, 5.74) is 1.54. The lowest BCUT2D eigenvalue weighted by atomic mass is 10.1. The van der Waals surface area contributed by atoms with Gasteiger partial charge in [-0.25, -0.2) is 0 Å². The van der Waals surface area contributed by atoms with E-state index in [2.05, 4.69) is 21.2 Å². The highest BCUT2D eigenvalue weighted by Gasteiger charge is 2.11. The smallest absolute Gasteiger partial charge is 0.0763 e. The van der Waals surface area contributed by atoms with Crippen molar-refractivity contribution in [1.82, 2.24) is 0 Å². The predicted molar refractivity (Wildman–Crippen MR) is 63.7 cm³/mol. The fraction of sp³-hybridized carbons (Fsp3) is 0.455. The molecular weight excluding hydrogens is 242 g/mol. The molecule has 0 aliphatic heterocycles. The van der Waals surface area contributed by atoms with Crippen LogP contribution in [0.3, 0.4) is 0 Å². The number of aryl methyl sites for hydroxylation is 1. The van der Waals surface area contributed by atoms with E-state index in [9.17, 15) is 5.11 Å². The molecule has 0 spiro atoms. The Balaban J connectivity index is 2.65. The van der Waals surface area contributed by atoms with E-state index in [4.69, 9.17) is 0 Å². The maximum Gasteiger partial charge on any atom is 0.0763 e. The lowest BCUT2D eigenvalue weighted by Crippen LogP contribution is -2.29. The van der Waals surface area contributed by atoms with Crippen LogP contribution in [0, 0.1) is 6.92 Å². The first kappa shape index (κ1) is 11.5. The number of rotatable bonds is 3. The van der Waals surface area contributed by atoms with Crippen LogP contribution in [0.1, 0.15) is 19.4 Å². The third kappa shape index (κ3) is 3.68. The summed E-state index contributed by atoms with van der Waals surface area (Å²) in [4.78, 5) is 0. The van der Waals surface area contributed by atoms with Crippen LogP contribution < -0.4 is 5.32 Å². The van der Waals surface area contributed by atoms with E-state index in [1.165, 1.54) is 5.56 Å². The van der Waals surface area contributed by atoms with Gasteiger partial charge in [-0.15, -0.1) is 0 Å². The van der Waals surface area contributed by atoms with E-state index in [1.807, 2.05) is 25.1 Å². The second-order valence-electron chi connectivity index (χ2n) is 4.13. The van der Waals surface area contributed by atoms with Gasteiger partial charge in [0.15, 0.2) is 0 Å². The Hall–Kier alpha value is -0.540. The Labute approximate surface area is 93.5 Å². The van der Waals surface area contributed by atoms with Crippen LogP contribution in [0.5, 0.6) is 0 Å². The summed E-state index contributed by atoms with van der Waals surface area (Å²) in [5, 5.41) is 12.7. The van der Waals surface area contributed by atoms with E-state index in [0.29, 0.717) is 6.54 Å². The summed E-state index contributed by atoms with van der Waals surface area (Å²) in [6.45, 7) is 6.15. The molecule has 0 amide bonds. The average Bonchev–Trinajstić information content (AvgIpc) is 2.06. The van der Waals surface area contributed by atoms with Crippen LogP contribution in [-0.2, 0) is 0 Å². The molecule has 0 bridgehead atoms. The zero-order chi connectivity index (χ0) is 10.8. The normalized spacial score (nSPS) is 11.5. The zero-order valence-corrected chi connectivity index (χ0v) is 10.4. The second kappa shape index (κ2) is 4.32. The molecule has 0 aromatic heterocycles. The Morgan fingerprint density at radius 2 is 2.07 bits per heavy atom. The van der Waals surface area contributed by atoms with Gasteiger partial charge >= 0.3 is 0 Å². The van der Waals surface area contributed by atoms with Gasteiger partial charge in [-0.2, -0.15) is 0 Å². The molecule has 0 heterocycles. The lowest BCUT2D eigenvalue weighted by Gasteiger charge is -2.18. The maximum atomic E-state index is 9.53. The minimum atomic E-state index is -0.683. The molecule has 3 heteroatoms. The van der Waals surface area contributed by atoms with Gasteiger partial charge in [0.2, 0.25) is 0 Å². The van der Waals surface area contributed by atoms with Crippen molar-refractivity contribution in [3.8, 4) is 0 Å². The Morgan fingerprint density at radius 3 is 2.57 bits per heavy atom. The molecule has 0 aliphatic rings. The molecule has 0 unspecified atom stereocenters. The lowest BCUT2D eigenvalue weighted by molar-refractivity contribution is 0.0945. The number of aliphatic hydroxyl groups is 1. The van der Waals surface area contributed by atoms with Gasteiger partial charge < -0.3 is 10.4 Å². The summed E-state index contributed by atoms with van der Waals surface area (Å²) in [6.07, 6.45) is 0. The monoisotopic (exact) mass is 257 g/mol. The highest BCUT2D eigenvalue weighted by molar-refractivity contribution is 9.10. The fourth-order valence-electron chi connectivity index (χ4n) is 1.02. The molecule has 1 aromatic rings. The van der Waals surface area contributed by atoms with Crippen molar-refractivity contribution in [3.05, 3.63) is 28.2 Å². The number of halogens is 1. The van der Waals surface area contributed by atoms with Crippen LogP contribution in [0.15, 0.2) is 22.7 Å². The maximum absolute atomic E-state index is 9.53. The van der Waals surface area contributed by atoms with Gasteiger partial charge in [-0.1, -0.05) is 22.0 Å². The molecule has 1 rings (SSSR count). The molecule has 14 heavy (non-hydrogen) atoms. The van der Waals surface area contributed by atoms with Gasteiger partial charge in [-0.3, -0.25) is 0 Å². The first-order chi connectivity index (χ1) is 6.38. The molecule has 1 aromatic carbocycles. The second-order valence-corrected chi connectivity index (χ2v) is 4.98. The molecule has 0 fully saturated rings. The van der Waals surface area contributed by atoms with Gasteiger partial charge in [0, 0.05) is 16.7 Å². The third-order valence-electron chi connectivity index (χ3n) is 1.90. The summed E-state index contributed by atoms with van der Waals surface area (Å²) >= 11 is 3.46. The molecular formula is C11H16BrNO. The quantitative estimate of drug-likeness (QED) is 0.873. The van der Waals surface area contributed by atoms with Crippen LogP contribution in [-0.4, -0.2) is 17.3 Å². The largest absolute Gasteiger partial charge is 0.389 e. The summed E-state index contributed by atoms with van der Waals surface area (Å²) in [7, 11) is 0. The number of nitrogens with one attached hydrogen (secondary N) is 1. The number of benzene rings is 1. The van der Waals surface area contributed by atoms with Crippen LogP contribution in [0.2, 0.25) is 0 Å². The highest BCUT2D eigenvalue weighted by Crippen LogP contribution is 2.20. The molecule has 0 radical (unpaired) electrons. The van der Waals surface area contributed by atoms with Crippen molar-refractivity contribution in [1.29, 1.82) is 0 Å². The van der Waals surface area contributed by atoms with Crippen LogP contribution in [0.4, 0.5) is 5.69 Å².